The van der Waals surface area contributed by atoms with Crippen molar-refractivity contribution in [2.75, 3.05) is 20.8 Å². The molecule has 0 saturated heterocycles. The number of nitrogens with zero attached hydrogens (tertiary/aromatic N) is 1. The normalized spacial score (nSPS) is 10.4. The van der Waals surface area contributed by atoms with Crippen molar-refractivity contribution in [1.29, 1.82) is 5.26 Å². The molecule has 29 heavy (non-hydrogen) atoms. The number of hydrogen-bond donors (Lipinski definition) is 1. The number of nitrogens with one attached hydrogen (secondary N) is 1. The molecule has 2 rings (SSSR count). The van der Waals surface area contributed by atoms with Crippen LogP contribution in [0.2, 0.25) is 0 Å². The SMILES string of the molecule is C=CCNC(=O)/C(C#N)=C/c1ccc(OC(=O)c2cccc(OC)c2)c(OC)c1. The minimum Gasteiger partial charge on any atom is -0.497 e. The molecule has 0 saturated carbocycles. The summed E-state index contributed by atoms with van der Waals surface area (Å²) in [6.45, 7) is 3.76. The third-order valence-electron chi connectivity index (χ3n) is 3.78. The third-order valence-corrected chi connectivity index (χ3v) is 3.78. The van der Waals surface area contributed by atoms with Gasteiger partial charge in [0.1, 0.15) is 17.4 Å². The molecule has 0 atom stereocenters. The van der Waals surface area contributed by atoms with E-state index in [0.717, 1.165) is 0 Å². The molecule has 0 aliphatic rings. The molecule has 0 radical (unpaired) electrons. The van der Waals surface area contributed by atoms with E-state index in [2.05, 4.69) is 11.9 Å². The quantitative estimate of drug-likeness (QED) is 0.244. The summed E-state index contributed by atoms with van der Waals surface area (Å²) in [5, 5.41) is 11.7. The Morgan fingerprint density at radius 3 is 2.59 bits per heavy atom. The predicted molar refractivity (Wildman–Crippen MR) is 108 cm³/mol. The highest BCUT2D eigenvalue weighted by atomic mass is 16.6. The van der Waals surface area contributed by atoms with Crippen LogP contribution in [0.15, 0.2) is 60.7 Å². The van der Waals surface area contributed by atoms with Gasteiger partial charge in [-0.15, -0.1) is 6.58 Å². The van der Waals surface area contributed by atoms with Crippen LogP contribution < -0.4 is 19.5 Å². The van der Waals surface area contributed by atoms with Crippen LogP contribution in [0.3, 0.4) is 0 Å². The summed E-state index contributed by atoms with van der Waals surface area (Å²) in [5.41, 5.74) is 0.782. The molecule has 2 aromatic carbocycles. The number of carbonyl (C=O) groups is 2. The Labute approximate surface area is 168 Å². The molecule has 0 bridgehead atoms. The number of amides is 1. The van der Waals surface area contributed by atoms with E-state index in [1.807, 2.05) is 6.07 Å². The molecule has 0 unspecified atom stereocenters. The number of benzene rings is 2. The highest BCUT2D eigenvalue weighted by Crippen LogP contribution is 2.30. The Bertz CT molecular complexity index is 989. The summed E-state index contributed by atoms with van der Waals surface area (Å²) in [5.74, 6) is -0.0801. The lowest BCUT2D eigenvalue weighted by Crippen LogP contribution is -2.24. The maximum absolute atomic E-state index is 12.4. The van der Waals surface area contributed by atoms with Crippen molar-refractivity contribution < 1.29 is 23.8 Å². The summed E-state index contributed by atoms with van der Waals surface area (Å²) in [6, 6.07) is 13.1. The number of carbonyl (C=O) groups excluding carboxylic acids is 2. The maximum atomic E-state index is 12.4. The Morgan fingerprint density at radius 1 is 1.14 bits per heavy atom. The van der Waals surface area contributed by atoms with Gasteiger partial charge in [-0.05, 0) is 42.0 Å². The molecular weight excluding hydrogens is 372 g/mol. The molecule has 7 nitrogen and oxygen atoms in total. The molecule has 0 aromatic heterocycles. The molecule has 7 heteroatoms. The van der Waals surface area contributed by atoms with Crippen LogP contribution in [0.5, 0.6) is 17.2 Å². The monoisotopic (exact) mass is 392 g/mol. The largest absolute Gasteiger partial charge is 0.497 e. The summed E-state index contributed by atoms with van der Waals surface area (Å²) in [4.78, 5) is 24.4. The van der Waals surface area contributed by atoms with Gasteiger partial charge in [0, 0.05) is 6.54 Å². The number of ether oxygens (including phenoxy) is 3. The number of methoxy groups -OCH3 is 2. The van der Waals surface area contributed by atoms with Crippen LogP contribution in [0.1, 0.15) is 15.9 Å². The molecule has 0 spiro atoms. The van der Waals surface area contributed by atoms with Crippen molar-refractivity contribution >= 4 is 18.0 Å². The molecule has 0 aliphatic carbocycles. The van der Waals surface area contributed by atoms with Gasteiger partial charge in [-0.1, -0.05) is 18.2 Å². The predicted octanol–water partition coefficient (Wildman–Crippen LogP) is 3.13. The first-order valence-corrected chi connectivity index (χ1v) is 8.57. The molecule has 0 aliphatic heterocycles. The van der Waals surface area contributed by atoms with E-state index in [-0.39, 0.29) is 23.6 Å². The first-order chi connectivity index (χ1) is 14.0. The summed E-state index contributed by atoms with van der Waals surface area (Å²) in [6.07, 6.45) is 2.93. The topological polar surface area (TPSA) is 97.7 Å². The maximum Gasteiger partial charge on any atom is 0.343 e. The zero-order valence-corrected chi connectivity index (χ0v) is 16.1. The highest BCUT2D eigenvalue weighted by molar-refractivity contribution is 6.01. The van der Waals surface area contributed by atoms with Gasteiger partial charge in [-0.25, -0.2) is 4.79 Å². The molecule has 1 amide bonds. The Hall–Kier alpha value is -4.05. The fourth-order valence-electron chi connectivity index (χ4n) is 2.34. The van der Waals surface area contributed by atoms with Crippen molar-refractivity contribution in [3.63, 3.8) is 0 Å². The van der Waals surface area contributed by atoms with Crippen LogP contribution in [0.4, 0.5) is 0 Å². The lowest BCUT2D eigenvalue weighted by Gasteiger charge is -2.11. The van der Waals surface area contributed by atoms with Crippen molar-refractivity contribution in [3.8, 4) is 23.3 Å². The lowest BCUT2D eigenvalue weighted by atomic mass is 10.1. The van der Waals surface area contributed by atoms with Gasteiger partial charge in [0.25, 0.3) is 5.91 Å². The van der Waals surface area contributed by atoms with E-state index in [1.165, 1.54) is 32.4 Å². The van der Waals surface area contributed by atoms with Crippen LogP contribution in [0, 0.1) is 11.3 Å². The van der Waals surface area contributed by atoms with Crippen molar-refractivity contribution in [2.45, 2.75) is 0 Å². The summed E-state index contributed by atoms with van der Waals surface area (Å²) in [7, 11) is 2.93. The van der Waals surface area contributed by atoms with E-state index in [1.54, 1.807) is 36.4 Å². The Morgan fingerprint density at radius 2 is 1.93 bits per heavy atom. The Balaban J connectivity index is 2.24. The molecule has 2 aromatic rings. The summed E-state index contributed by atoms with van der Waals surface area (Å²) >= 11 is 0. The fourth-order valence-corrected chi connectivity index (χ4v) is 2.34. The molecule has 148 valence electrons. The van der Waals surface area contributed by atoms with E-state index >= 15 is 0 Å². The molecule has 1 N–H and O–H groups in total. The minimum absolute atomic E-state index is 0.0740. The fraction of sp³-hybridized carbons (Fsp3) is 0.136. The van der Waals surface area contributed by atoms with Crippen LogP contribution >= 0.6 is 0 Å². The smallest absolute Gasteiger partial charge is 0.343 e. The standard InChI is InChI=1S/C22H20N2O5/c1-4-10-24-21(25)17(14-23)11-15-8-9-19(20(12-15)28-3)29-22(26)16-6-5-7-18(13-16)27-2/h4-9,11-13H,1,10H2,2-3H3,(H,24,25)/b17-11+. The van der Waals surface area contributed by atoms with Crippen molar-refractivity contribution in [3.05, 3.63) is 71.8 Å². The second-order valence-electron chi connectivity index (χ2n) is 5.70. The zero-order chi connectivity index (χ0) is 21.2. The first kappa shape index (κ1) is 21.3. The van der Waals surface area contributed by atoms with Gasteiger partial charge in [-0.2, -0.15) is 5.26 Å². The van der Waals surface area contributed by atoms with Crippen LogP contribution in [-0.4, -0.2) is 32.6 Å². The highest BCUT2D eigenvalue weighted by Gasteiger charge is 2.14. The van der Waals surface area contributed by atoms with Crippen LogP contribution in [-0.2, 0) is 4.79 Å². The second-order valence-corrected chi connectivity index (χ2v) is 5.70. The van der Waals surface area contributed by atoms with Gasteiger partial charge in [0.05, 0.1) is 19.8 Å². The van der Waals surface area contributed by atoms with E-state index < -0.39 is 11.9 Å². The minimum atomic E-state index is -0.577. The first-order valence-electron chi connectivity index (χ1n) is 8.57. The number of esters is 1. The van der Waals surface area contributed by atoms with E-state index in [4.69, 9.17) is 14.2 Å². The van der Waals surface area contributed by atoms with Crippen molar-refractivity contribution in [2.24, 2.45) is 0 Å². The molecule has 0 heterocycles. The van der Waals surface area contributed by atoms with Crippen molar-refractivity contribution in [1.82, 2.24) is 5.32 Å². The second kappa shape index (κ2) is 10.3. The van der Waals surface area contributed by atoms with Gasteiger partial charge >= 0.3 is 5.97 Å². The average Bonchev–Trinajstić information content (AvgIpc) is 2.76. The molecule has 0 fully saturated rings. The number of nitriles is 1. The van der Waals surface area contributed by atoms with Gasteiger partial charge in [0.15, 0.2) is 11.5 Å². The van der Waals surface area contributed by atoms with Gasteiger partial charge < -0.3 is 19.5 Å². The van der Waals surface area contributed by atoms with Crippen LogP contribution in [0.25, 0.3) is 6.08 Å². The molecular formula is C22H20N2O5. The lowest BCUT2D eigenvalue weighted by molar-refractivity contribution is -0.116. The number of hydrogen-bond acceptors (Lipinski definition) is 6. The third kappa shape index (κ3) is 5.71. The zero-order valence-electron chi connectivity index (χ0n) is 16.1. The van der Waals surface area contributed by atoms with Gasteiger partial charge in [-0.3, -0.25) is 4.79 Å². The average molecular weight is 392 g/mol. The van der Waals surface area contributed by atoms with E-state index in [9.17, 15) is 14.9 Å². The summed E-state index contributed by atoms with van der Waals surface area (Å²) < 4.78 is 15.8. The Kier molecular flexibility index (Phi) is 7.57. The van der Waals surface area contributed by atoms with Gasteiger partial charge in [0.2, 0.25) is 0 Å². The number of rotatable bonds is 8. The van der Waals surface area contributed by atoms with E-state index in [0.29, 0.717) is 16.9 Å².